The summed E-state index contributed by atoms with van der Waals surface area (Å²) in [5.41, 5.74) is 0. The second kappa shape index (κ2) is 11.8. The highest BCUT2D eigenvalue weighted by Crippen LogP contribution is 2.08. The fourth-order valence-electron chi connectivity index (χ4n) is 1.25. The number of rotatable bonds is 12. The predicted molar refractivity (Wildman–Crippen MR) is 77.9 cm³/mol. The van der Waals surface area contributed by atoms with Gasteiger partial charge in [-0.3, -0.25) is 0 Å². The first-order chi connectivity index (χ1) is 10.2. The number of aromatic nitrogens is 3. The van der Waals surface area contributed by atoms with Crippen LogP contribution in [-0.2, 0) is 14.2 Å². The number of halogens is 2. The van der Waals surface area contributed by atoms with E-state index in [9.17, 15) is 0 Å². The third-order valence-corrected chi connectivity index (χ3v) is 2.43. The smallest absolute Gasteiger partial charge is 0.228 e. The molecule has 0 bridgehead atoms. The van der Waals surface area contributed by atoms with E-state index in [1.807, 2.05) is 0 Å². The van der Waals surface area contributed by atoms with Crippen LogP contribution in [0.1, 0.15) is 0 Å². The molecule has 1 aromatic rings. The summed E-state index contributed by atoms with van der Waals surface area (Å²) in [7, 11) is 0. The molecule has 0 aliphatic carbocycles. The van der Waals surface area contributed by atoms with Crippen molar-refractivity contribution < 1.29 is 19.3 Å². The SMILES string of the molecule is OCCOCCOCCOCCNc1nc(Cl)nc(Cl)n1. The summed E-state index contributed by atoms with van der Waals surface area (Å²) < 4.78 is 15.6. The van der Waals surface area contributed by atoms with Crippen LogP contribution in [0.2, 0.25) is 10.6 Å². The van der Waals surface area contributed by atoms with Gasteiger partial charge in [-0.05, 0) is 23.2 Å². The van der Waals surface area contributed by atoms with Crippen molar-refractivity contribution in [1.82, 2.24) is 15.0 Å². The molecule has 0 spiro atoms. The molecule has 8 nitrogen and oxygen atoms in total. The fourth-order valence-corrected chi connectivity index (χ4v) is 1.61. The highest BCUT2D eigenvalue weighted by Gasteiger charge is 2.01. The summed E-state index contributed by atoms with van der Waals surface area (Å²) in [5.74, 6) is 0.306. The van der Waals surface area contributed by atoms with Crippen LogP contribution < -0.4 is 5.32 Å². The molecule has 10 heteroatoms. The molecule has 0 fully saturated rings. The van der Waals surface area contributed by atoms with Crippen molar-refractivity contribution in [3.63, 3.8) is 0 Å². The number of aliphatic hydroxyl groups is 1. The summed E-state index contributed by atoms with van der Waals surface area (Å²) in [6.07, 6.45) is 0. The molecule has 0 saturated heterocycles. The maximum atomic E-state index is 8.48. The highest BCUT2D eigenvalue weighted by atomic mass is 35.5. The molecule has 2 N–H and O–H groups in total. The third kappa shape index (κ3) is 9.72. The summed E-state index contributed by atoms with van der Waals surface area (Å²) in [6.45, 7) is 3.21. The molecule has 0 aliphatic rings. The van der Waals surface area contributed by atoms with Gasteiger partial charge in [-0.1, -0.05) is 0 Å². The molecule has 120 valence electrons. The van der Waals surface area contributed by atoms with Gasteiger partial charge in [-0.15, -0.1) is 0 Å². The van der Waals surface area contributed by atoms with Crippen LogP contribution >= 0.6 is 23.2 Å². The normalized spacial score (nSPS) is 10.8. The van der Waals surface area contributed by atoms with Gasteiger partial charge in [0.25, 0.3) is 0 Å². The van der Waals surface area contributed by atoms with E-state index >= 15 is 0 Å². The Labute approximate surface area is 132 Å². The molecular weight excluding hydrogens is 323 g/mol. The lowest BCUT2D eigenvalue weighted by atomic mass is 10.6. The number of hydrogen-bond donors (Lipinski definition) is 2. The van der Waals surface area contributed by atoms with E-state index in [4.69, 9.17) is 42.5 Å². The van der Waals surface area contributed by atoms with Gasteiger partial charge in [-0.25, -0.2) is 0 Å². The van der Waals surface area contributed by atoms with Gasteiger partial charge >= 0.3 is 0 Å². The van der Waals surface area contributed by atoms with E-state index < -0.39 is 0 Å². The fraction of sp³-hybridized carbons (Fsp3) is 0.727. The average Bonchev–Trinajstić information content (AvgIpc) is 2.44. The zero-order valence-corrected chi connectivity index (χ0v) is 12.9. The van der Waals surface area contributed by atoms with Crippen LogP contribution in [0.25, 0.3) is 0 Å². The standard InChI is InChI=1S/C11H18Cl2N4O4/c12-9-15-10(13)17-11(16-9)14-1-3-19-5-7-21-8-6-20-4-2-18/h18H,1-8H2,(H,14,15,16,17). The Hall–Kier alpha value is -0.770. The van der Waals surface area contributed by atoms with Gasteiger partial charge < -0.3 is 24.6 Å². The molecule has 0 aliphatic heterocycles. The van der Waals surface area contributed by atoms with Crippen LogP contribution in [0.3, 0.4) is 0 Å². The van der Waals surface area contributed by atoms with Gasteiger partial charge in [0.05, 0.1) is 46.2 Å². The van der Waals surface area contributed by atoms with E-state index in [1.165, 1.54) is 0 Å². The monoisotopic (exact) mass is 340 g/mol. The molecule has 0 unspecified atom stereocenters. The van der Waals surface area contributed by atoms with E-state index in [2.05, 4.69) is 20.3 Å². The molecule has 1 rings (SSSR count). The average molecular weight is 341 g/mol. The lowest BCUT2D eigenvalue weighted by Gasteiger charge is -2.07. The summed E-state index contributed by atoms with van der Waals surface area (Å²) in [5, 5.41) is 11.5. The van der Waals surface area contributed by atoms with E-state index in [1.54, 1.807) is 0 Å². The molecule has 0 radical (unpaired) electrons. The predicted octanol–water partition coefficient (Wildman–Crippen LogP) is 0.632. The van der Waals surface area contributed by atoms with Gasteiger partial charge in [0.1, 0.15) is 0 Å². The largest absolute Gasteiger partial charge is 0.394 e. The number of anilines is 1. The number of aliphatic hydroxyl groups excluding tert-OH is 1. The van der Waals surface area contributed by atoms with Gasteiger partial charge in [0, 0.05) is 6.54 Å². The molecule has 1 heterocycles. The lowest BCUT2D eigenvalue weighted by molar-refractivity contribution is 0.00919. The van der Waals surface area contributed by atoms with Gasteiger partial charge in [0.2, 0.25) is 16.5 Å². The highest BCUT2D eigenvalue weighted by molar-refractivity contribution is 6.31. The van der Waals surface area contributed by atoms with Gasteiger partial charge in [0.15, 0.2) is 0 Å². The quantitative estimate of drug-likeness (QED) is 0.534. The van der Waals surface area contributed by atoms with Crippen molar-refractivity contribution in [2.24, 2.45) is 0 Å². The first-order valence-corrected chi connectivity index (χ1v) is 7.13. The van der Waals surface area contributed by atoms with Crippen molar-refractivity contribution in [3.05, 3.63) is 10.6 Å². The number of nitrogens with one attached hydrogen (secondary N) is 1. The summed E-state index contributed by atoms with van der Waals surface area (Å²) in [6, 6.07) is 0. The minimum atomic E-state index is 0.0216. The third-order valence-electron chi connectivity index (χ3n) is 2.09. The van der Waals surface area contributed by atoms with Crippen molar-refractivity contribution in [2.75, 3.05) is 58.1 Å². The Bertz CT molecular complexity index is 380. The van der Waals surface area contributed by atoms with Crippen molar-refractivity contribution in [3.8, 4) is 0 Å². The maximum absolute atomic E-state index is 8.48. The van der Waals surface area contributed by atoms with Crippen molar-refractivity contribution in [2.45, 2.75) is 0 Å². The van der Waals surface area contributed by atoms with Crippen LogP contribution in [0.5, 0.6) is 0 Å². The van der Waals surface area contributed by atoms with E-state index in [-0.39, 0.29) is 17.2 Å². The molecule has 21 heavy (non-hydrogen) atoms. The Kier molecular flexibility index (Phi) is 10.3. The van der Waals surface area contributed by atoms with Gasteiger partial charge in [-0.2, -0.15) is 15.0 Å². The van der Waals surface area contributed by atoms with E-state index in [0.29, 0.717) is 52.1 Å². The van der Waals surface area contributed by atoms with Crippen LogP contribution in [-0.4, -0.2) is 72.9 Å². The van der Waals surface area contributed by atoms with E-state index in [0.717, 1.165) is 0 Å². The lowest BCUT2D eigenvalue weighted by Crippen LogP contribution is -2.15. The first kappa shape index (κ1) is 18.3. The zero-order valence-electron chi connectivity index (χ0n) is 11.4. The topological polar surface area (TPSA) is 98.6 Å². The summed E-state index contributed by atoms with van der Waals surface area (Å²) >= 11 is 11.3. The Morgan fingerprint density at radius 3 is 1.90 bits per heavy atom. The van der Waals surface area contributed by atoms with Crippen LogP contribution in [0.4, 0.5) is 5.95 Å². The number of ether oxygens (including phenoxy) is 3. The van der Waals surface area contributed by atoms with Crippen molar-refractivity contribution in [1.29, 1.82) is 0 Å². The molecule has 1 aromatic heterocycles. The number of nitrogens with zero attached hydrogens (tertiary/aromatic N) is 3. The van der Waals surface area contributed by atoms with Crippen LogP contribution in [0.15, 0.2) is 0 Å². The Morgan fingerprint density at radius 2 is 1.33 bits per heavy atom. The van der Waals surface area contributed by atoms with Crippen LogP contribution in [0, 0.1) is 0 Å². The maximum Gasteiger partial charge on any atom is 0.228 e. The molecule has 0 saturated carbocycles. The Balaban J connectivity index is 1.93. The summed E-state index contributed by atoms with van der Waals surface area (Å²) in [4.78, 5) is 11.3. The second-order valence-electron chi connectivity index (χ2n) is 3.68. The minimum absolute atomic E-state index is 0.0216. The first-order valence-electron chi connectivity index (χ1n) is 6.37. The molecule has 0 atom stereocenters. The van der Waals surface area contributed by atoms with Crippen molar-refractivity contribution >= 4 is 29.2 Å². The zero-order chi connectivity index (χ0) is 15.3. The second-order valence-corrected chi connectivity index (χ2v) is 4.36. The molecule has 0 amide bonds. The number of hydrogen-bond acceptors (Lipinski definition) is 8. The Morgan fingerprint density at radius 1 is 0.810 bits per heavy atom. The molecular formula is C11H18Cl2N4O4. The minimum Gasteiger partial charge on any atom is -0.394 e. The molecule has 0 aromatic carbocycles.